The van der Waals surface area contributed by atoms with Gasteiger partial charge in [0, 0.05) is 12.4 Å². The minimum absolute atomic E-state index is 0.436. The third-order valence-corrected chi connectivity index (χ3v) is 5.11. The highest BCUT2D eigenvalue weighted by Crippen LogP contribution is 2.57. The molecule has 3 aliphatic carbocycles. The number of nitrogens with two attached hydrogens (primary N) is 1. The van der Waals surface area contributed by atoms with E-state index in [0.717, 1.165) is 6.54 Å². The molecule has 0 spiro atoms. The second-order valence-electron chi connectivity index (χ2n) is 5.73. The van der Waals surface area contributed by atoms with Crippen LogP contribution in [-0.4, -0.2) is 11.5 Å². The Morgan fingerprint density at radius 2 is 1.81 bits per heavy atom. The first-order valence-corrected chi connectivity index (χ1v) is 6.39. The topological polar surface area (TPSA) is 38.9 Å². The van der Waals surface area contributed by atoms with Gasteiger partial charge in [-0.05, 0) is 67.5 Å². The second kappa shape index (κ2) is 3.56. The van der Waals surface area contributed by atoms with E-state index < -0.39 is 0 Å². The lowest BCUT2D eigenvalue weighted by molar-refractivity contribution is 0.0470. The molecular formula is C14H20N2. The third kappa shape index (κ3) is 1.40. The summed E-state index contributed by atoms with van der Waals surface area (Å²) in [6.07, 6.45) is 11.8. The summed E-state index contributed by atoms with van der Waals surface area (Å²) in [6.45, 7) is 0.885. The average molecular weight is 216 g/mol. The molecule has 2 heteroatoms. The Bertz CT molecular complexity index is 347. The molecule has 2 bridgehead atoms. The smallest absolute Gasteiger partial charge is 0.0305 e. The van der Waals surface area contributed by atoms with E-state index in [2.05, 4.69) is 23.3 Å². The van der Waals surface area contributed by atoms with Crippen LogP contribution >= 0.6 is 0 Å². The van der Waals surface area contributed by atoms with Crippen molar-refractivity contribution in [2.45, 2.75) is 43.9 Å². The van der Waals surface area contributed by atoms with Gasteiger partial charge in [0.05, 0.1) is 0 Å². The van der Waals surface area contributed by atoms with Gasteiger partial charge in [0.15, 0.2) is 0 Å². The van der Waals surface area contributed by atoms with Crippen LogP contribution in [0, 0.1) is 5.41 Å². The van der Waals surface area contributed by atoms with Crippen LogP contribution in [-0.2, 0) is 5.41 Å². The van der Waals surface area contributed by atoms with Crippen molar-refractivity contribution in [2.24, 2.45) is 11.1 Å². The predicted molar refractivity (Wildman–Crippen MR) is 65.1 cm³/mol. The monoisotopic (exact) mass is 216 g/mol. The van der Waals surface area contributed by atoms with Gasteiger partial charge in [-0.15, -0.1) is 0 Å². The van der Waals surface area contributed by atoms with E-state index in [9.17, 15) is 0 Å². The van der Waals surface area contributed by atoms with Crippen molar-refractivity contribution in [2.75, 3.05) is 6.54 Å². The van der Waals surface area contributed by atoms with Crippen LogP contribution in [0.15, 0.2) is 24.5 Å². The Morgan fingerprint density at radius 3 is 2.31 bits per heavy atom. The summed E-state index contributed by atoms with van der Waals surface area (Å²) in [5.74, 6) is 0. The normalized spacial score (nSPS) is 37.6. The summed E-state index contributed by atoms with van der Waals surface area (Å²) >= 11 is 0. The number of nitrogens with zero attached hydrogens (tertiary/aromatic N) is 1. The van der Waals surface area contributed by atoms with Crippen molar-refractivity contribution >= 4 is 0 Å². The van der Waals surface area contributed by atoms with Gasteiger partial charge in [-0.25, -0.2) is 0 Å². The van der Waals surface area contributed by atoms with Gasteiger partial charge < -0.3 is 5.73 Å². The minimum atomic E-state index is 0.436. The molecule has 0 saturated heterocycles. The van der Waals surface area contributed by atoms with Crippen LogP contribution in [0.1, 0.15) is 44.1 Å². The van der Waals surface area contributed by atoms with Gasteiger partial charge in [-0.2, -0.15) is 0 Å². The SMILES string of the molecule is NCC12CCC(c3cccnc3)(CC1)CC2. The van der Waals surface area contributed by atoms with E-state index in [1.54, 1.807) is 0 Å². The highest BCUT2D eigenvalue weighted by Gasteiger charge is 2.48. The lowest BCUT2D eigenvalue weighted by Gasteiger charge is -2.53. The third-order valence-electron chi connectivity index (χ3n) is 5.11. The summed E-state index contributed by atoms with van der Waals surface area (Å²) in [6, 6.07) is 4.33. The largest absolute Gasteiger partial charge is 0.330 e. The molecule has 1 heterocycles. The molecule has 2 nitrogen and oxygen atoms in total. The zero-order chi connectivity index (χ0) is 11.1. The van der Waals surface area contributed by atoms with Gasteiger partial charge in [-0.1, -0.05) is 6.07 Å². The molecule has 3 aliphatic rings. The van der Waals surface area contributed by atoms with Gasteiger partial charge >= 0.3 is 0 Å². The van der Waals surface area contributed by atoms with E-state index in [1.807, 2.05) is 6.20 Å². The Morgan fingerprint density at radius 1 is 1.12 bits per heavy atom. The molecule has 3 saturated carbocycles. The summed E-state index contributed by atoms with van der Waals surface area (Å²) in [5.41, 5.74) is 8.33. The molecule has 1 aromatic heterocycles. The number of rotatable bonds is 2. The summed E-state index contributed by atoms with van der Waals surface area (Å²) in [5, 5.41) is 0. The van der Waals surface area contributed by atoms with E-state index in [0.29, 0.717) is 10.8 Å². The Hall–Kier alpha value is -0.890. The van der Waals surface area contributed by atoms with Gasteiger partial charge in [0.1, 0.15) is 0 Å². The first kappa shape index (κ1) is 10.3. The van der Waals surface area contributed by atoms with Crippen LogP contribution in [0.3, 0.4) is 0 Å². The molecule has 4 rings (SSSR count). The van der Waals surface area contributed by atoms with Crippen molar-refractivity contribution in [1.82, 2.24) is 4.98 Å². The number of aromatic nitrogens is 1. The summed E-state index contributed by atoms with van der Waals surface area (Å²) < 4.78 is 0. The molecule has 0 atom stereocenters. The number of fused-ring (bicyclic) bond motifs is 3. The maximum Gasteiger partial charge on any atom is 0.0305 e. The Balaban J connectivity index is 1.89. The van der Waals surface area contributed by atoms with Crippen LogP contribution in [0.5, 0.6) is 0 Å². The van der Waals surface area contributed by atoms with E-state index in [4.69, 9.17) is 5.73 Å². The maximum absolute atomic E-state index is 5.94. The van der Waals surface area contributed by atoms with Gasteiger partial charge in [0.2, 0.25) is 0 Å². The summed E-state index contributed by atoms with van der Waals surface area (Å²) in [4.78, 5) is 4.28. The minimum Gasteiger partial charge on any atom is -0.330 e. The van der Waals surface area contributed by atoms with E-state index >= 15 is 0 Å². The predicted octanol–water partition coefficient (Wildman–Crippen LogP) is 2.63. The molecular weight excluding hydrogens is 196 g/mol. The average Bonchev–Trinajstić information content (AvgIpc) is 2.42. The molecule has 0 radical (unpaired) electrons. The molecule has 0 aliphatic heterocycles. The second-order valence-corrected chi connectivity index (χ2v) is 5.73. The van der Waals surface area contributed by atoms with Crippen LogP contribution in [0.25, 0.3) is 0 Å². The van der Waals surface area contributed by atoms with Crippen LogP contribution in [0.2, 0.25) is 0 Å². The Kier molecular flexibility index (Phi) is 2.28. The van der Waals surface area contributed by atoms with Crippen molar-refractivity contribution in [3.05, 3.63) is 30.1 Å². The lowest BCUT2D eigenvalue weighted by Crippen LogP contribution is -2.47. The van der Waals surface area contributed by atoms with Crippen molar-refractivity contribution in [3.63, 3.8) is 0 Å². The molecule has 16 heavy (non-hydrogen) atoms. The molecule has 86 valence electrons. The van der Waals surface area contributed by atoms with Crippen molar-refractivity contribution in [1.29, 1.82) is 0 Å². The number of hydrogen-bond donors (Lipinski definition) is 1. The Labute approximate surface area is 97.3 Å². The first-order chi connectivity index (χ1) is 7.79. The van der Waals surface area contributed by atoms with Gasteiger partial charge in [0.25, 0.3) is 0 Å². The maximum atomic E-state index is 5.94. The van der Waals surface area contributed by atoms with Crippen LogP contribution in [0.4, 0.5) is 0 Å². The molecule has 3 fully saturated rings. The number of pyridine rings is 1. The first-order valence-electron chi connectivity index (χ1n) is 6.39. The number of hydrogen-bond acceptors (Lipinski definition) is 2. The molecule has 0 unspecified atom stereocenters. The fourth-order valence-electron chi connectivity index (χ4n) is 3.68. The van der Waals surface area contributed by atoms with Crippen molar-refractivity contribution in [3.8, 4) is 0 Å². The molecule has 1 aromatic rings. The zero-order valence-corrected chi connectivity index (χ0v) is 9.78. The molecule has 0 aromatic carbocycles. The highest BCUT2D eigenvalue weighted by atomic mass is 14.7. The highest BCUT2D eigenvalue weighted by molar-refractivity contribution is 5.25. The fourth-order valence-corrected chi connectivity index (χ4v) is 3.68. The van der Waals surface area contributed by atoms with Crippen LogP contribution < -0.4 is 5.73 Å². The summed E-state index contributed by atoms with van der Waals surface area (Å²) in [7, 11) is 0. The molecule has 0 amide bonds. The van der Waals surface area contributed by atoms with E-state index in [1.165, 1.54) is 44.1 Å². The standard InChI is InChI=1S/C14H20N2/c15-11-13-3-6-14(7-4-13,8-5-13)12-2-1-9-16-10-12/h1-2,9-10H,3-8,11,15H2. The molecule has 2 N–H and O–H groups in total. The van der Waals surface area contributed by atoms with Crippen molar-refractivity contribution < 1.29 is 0 Å². The van der Waals surface area contributed by atoms with E-state index in [-0.39, 0.29) is 0 Å². The fraction of sp³-hybridized carbons (Fsp3) is 0.643. The van der Waals surface area contributed by atoms with Gasteiger partial charge in [-0.3, -0.25) is 4.98 Å². The zero-order valence-electron chi connectivity index (χ0n) is 9.78. The quantitative estimate of drug-likeness (QED) is 0.825. The lowest BCUT2D eigenvalue weighted by atomic mass is 9.52.